The molecule has 1 aliphatic carbocycles. The Morgan fingerprint density at radius 3 is 2.76 bits per heavy atom. The lowest BCUT2D eigenvalue weighted by atomic mass is 10.00. The number of nitrogens with two attached hydrogens (primary N) is 1. The van der Waals surface area contributed by atoms with Gasteiger partial charge in [0, 0.05) is 18.2 Å². The summed E-state index contributed by atoms with van der Waals surface area (Å²) in [6.07, 6.45) is 3.38. The molecule has 0 spiro atoms. The predicted molar refractivity (Wildman–Crippen MR) is 81.3 cm³/mol. The Kier molecular flexibility index (Phi) is 4.97. The number of amides is 1. The zero-order valence-electron chi connectivity index (χ0n) is 12.0. The summed E-state index contributed by atoms with van der Waals surface area (Å²) in [6, 6.07) is 6.28. The molecule has 1 fully saturated rings. The van der Waals surface area contributed by atoms with Crippen molar-refractivity contribution in [2.24, 2.45) is 11.7 Å². The van der Waals surface area contributed by atoms with E-state index in [0.29, 0.717) is 12.1 Å². The average Bonchev–Trinajstić information content (AvgIpc) is 2.84. The zero-order valence-corrected chi connectivity index (χ0v) is 12.8. The number of hydrogen-bond donors (Lipinski definition) is 3. The van der Waals surface area contributed by atoms with Crippen LogP contribution in [0.3, 0.4) is 0 Å². The number of nitrogens with one attached hydrogen (secondary N) is 2. The minimum absolute atomic E-state index is 0.0896. The fraction of sp³-hybridized carbons (Fsp3) is 0.500. The second-order valence-corrected chi connectivity index (χ2v) is 7.23. The van der Waals surface area contributed by atoms with Gasteiger partial charge in [0.1, 0.15) is 0 Å². The van der Waals surface area contributed by atoms with E-state index in [4.69, 9.17) is 5.73 Å². The molecule has 6 nitrogen and oxygen atoms in total. The highest BCUT2D eigenvalue weighted by Crippen LogP contribution is 2.27. The van der Waals surface area contributed by atoms with E-state index in [1.54, 1.807) is 12.1 Å². The van der Waals surface area contributed by atoms with Crippen molar-refractivity contribution in [1.29, 1.82) is 0 Å². The normalized spacial score (nSPS) is 22.2. The quantitative estimate of drug-likeness (QED) is 0.756. The fourth-order valence-corrected chi connectivity index (χ4v) is 3.40. The molecule has 0 bridgehead atoms. The van der Waals surface area contributed by atoms with Gasteiger partial charge in [-0.05, 0) is 44.0 Å². The number of carbonyl (C=O) groups is 1. The highest BCUT2D eigenvalue weighted by molar-refractivity contribution is 7.89. The van der Waals surface area contributed by atoms with Gasteiger partial charge in [0.25, 0.3) is 0 Å². The highest BCUT2D eigenvalue weighted by Gasteiger charge is 2.26. The van der Waals surface area contributed by atoms with Gasteiger partial charge in [-0.3, -0.25) is 4.79 Å². The molecule has 0 aliphatic heterocycles. The van der Waals surface area contributed by atoms with Crippen molar-refractivity contribution in [2.75, 3.05) is 12.4 Å². The summed E-state index contributed by atoms with van der Waals surface area (Å²) in [5.74, 6) is 0.0885. The summed E-state index contributed by atoms with van der Waals surface area (Å²) in [4.78, 5) is 12.1. The molecule has 2 atom stereocenters. The Balaban J connectivity index is 2.03. The van der Waals surface area contributed by atoms with Gasteiger partial charge >= 0.3 is 0 Å². The molecule has 1 aromatic rings. The standard InChI is InChI=1S/C14H21N3O3S/c1-16-21(19,20)12-6-3-5-11(9-12)17-14(18)8-10-4-2-7-13(10)15/h3,5-6,9-10,13,16H,2,4,7-8,15H2,1H3,(H,17,18)/t10-,13+/m0/s1. The number of rotatable bonds is 5. The van der Waals surface area contributed by atoms with Gasteiger partial charge in [-0.2, -0.15) is 0 Å². The third-order valence-corrected chi connectivity index (χ3v) is 5.27. The van der Waals surface area contributed by atoms with Crippen LogP contribution in [0.1, 0.15) is 25.7 Å². The van der Waals surface area contributed by atoms with E-state index in [9.17, 15) is 13.2 Å². The van der Waals surface area contributed by atoms with Gasteiger partial charge in [-0.25, -0.2) is 13.1 Å². The van der Waals surface area contributed by atoms with E-state index in [-0.39, 0.29) is 22.8 Å². The topological polar surface area (TPSA) is 101 Å². The Morgan fingerprint density at radius 1 is 1.38 bits per heavy atom. The van der Waals surface area contributed by atoms with Crippen LogP contribution in [0.2, 0.25) is 0 Å². The molecule has 0 heterocycles. The summed E-state index contributed by atoms with van der Waals surface area (Å²) in [7, 11) is -2.16. The van der Waals surface area contributed by atoms with Crippen LogP contribution >= 0.6 is 0 Å². The average molecular weight is 311 g/mol. The third kappa shape index (κ3) is 4.03. The van der Waals surface area contributed by atoms with Crippen molar-refractivity contribution in [3.8, 4) is 0 Å². The molecule has 7 heteroatoms. The van der Waals surface area contributed by atoms with E-state index in [2.05, 4.69) is 10.0 Å². The second-order valence-electron chi connectivity index (χ2n) is 5.34. The summed E-state index contributed by atoms with van der Waals surface area (Å²) < 4.78 is 25.7. The highest BCUT2D eigenvalue weighted by atomic mass is 32.2. The van der Waals surface area contributed by atoms with E-state index in [1.807, 2.05) is 0 Å². The van der Waals surface area contributed by atoms with E-state index in [0.717, 1.165) is 19.3 Å². The van der Waals surface area contributed by atoms with Crippen molar-refractivity contribution in [1.82, 2.24) is 4.72 Å². The van der Waals surface area contributed by atoms with Crippen molar-refractivity contribution < 1.29 is 13.2 Å². The lowest BCUT2D eigenvalue weighted by molar-refractivity contribution is -0.117. The summed E-state index contributed by atoms with van der Waals surface area (Å²) in [6.45, 7) is 0. The maximum absolute atomic E-state index is 12.0. The van der Waals surface area contributed by atoms with Crippen molar-refractivity contribution in [2.45, 2.75) is 36.6 Å². The van der Waals surface area contributed by atoms with Crippen LogP contribution < -0.4 is 15.8 Å². The minimum atomic E-state index is -3.51. The lowest BCUT2D eigenvalue weighted by Gasteiger charge is -2.15. The molecule has 1 saturated carbocycles. The molecular formula is C14H21N3O3S. The number of anilines is 1. The van der Waals surface area contributed by atoms with Gasteiger partial charge in [-0.1, -0.05) is 12.5 Å². The van der Waals surface area contributed by atoms with Gasteiger partial charge in [-0.15, -0.1) is 0 Å². The first-order valence-electron chi connectivity index (χ1n) is 7.01. The van der Waals surface area contributed by atoms with Crippen molar-refractivity contribution in [3.63, 3.8) is 0 Å². The number of hydrogen-bond acceptors (Lipinski definition) is 4. The number of benzene rings is 1. The third-order valence-electron chi connectivity index (χ3n) is 3.86. The molecule has 21 heavy (non-hydrogen) atoms. The minimum Gasteiger partial charge on any atom is -0.327 e. The van der Waals surface area contributed by atoms with Gasteiger partial charge < -0.3 is 11.1 Å². The maximum atomic E-state index is 12.0. The molecule has 2 rings (SSSR count). The van der Waals surface area contributed by atoms with E-state index < -0.39 is 10.0 Å². The summed E-state index contributed by atoms with van der Waals surface area (Å²) in [5, 5.41) is 2.74. The molecule has 1 amide bonds. The molecular weight excluding hydrogens is 290 g/mol. The van der Waals surface area contributed by atoms with Crippen molar-refractivity contribution >= 4 is 21.6 Å². The van der Waals surface area contributed by atoms with Gasteiger partial charge in [0.05, 0.1) is 4.90 Å². The Labute approximate surface area is 125 Å². The van der Waals surface area contributed by atoms with Crippen LogP contribution in [0.25, 0.3) is 0 Å². The smallest absolute Gasteiger partial charge is 0.240 e. The number of carbonyl (C=O) groups excluding carboxylic acids is 1. The van der Waals surface area contributed by atoms with Crippen LogP contribution in [0.4, 0.5) is 5.69 Å². The largest absolute Gasteiger partial charge is 0.327 e. The number of sulfonamides is 1. The van der Waals surface area contributed by atoms with E-state index >= 15 is 0 Å². The van der Waals surface area contributed by atoms with Gasteiger partial charge in [0.15, 0.2) is 0 Å². The van der Waals surface area contributed by atoms with Crippen LogP contribution in [0.15, 0.2) is 29.2 Å². The van der Waals surface area contributed by atoms with Crippen LogP contribution in [-0.2, 0) is 14.8 Å². The molecule has 0 aromatic heterocycles. The molecule has 1 aromatic carbocycles. The molecule has 0 radical (unpaired) electrons. The predicted octanol–water partition coefficient (Wildman–Crippen LogP) is 1.05. The first kappa shape index (κ1) is 15.9. The Hall–Kier alpha value is -1.44. The first-order valence-corrected chi connectivity index (χ1v) is 8.50. The molecule has 1 aliphatic rings. The SMILES string of the molecule is CNS(=O)(=O)c1cccc(NC(=O)C[C@@H]2CCC[C@H]2N)c1. The molecule has 4 N–H and O–H groups in total. The summed E-state index contributed by atoms with van der Waals surface area (Å²) >= 11 is 0. The van der Waals surface area contributed by atoms with Crippen LogP contribution in [0.5, 0.6) is 0 Å². The second kappa shape index (κ2) is 6.55. The maximum Gasteiger partial charge on any atom is 0.240 e. The van der Waals surface area contributed by atoms with Gasteiger partial charge in [0.2, 0.25) is 15.9 Å². The van der Waals surface area contributed by atoms with Crippen molar-refractivity contribution in [3.05, 3.63) is 24.3 Å². The first-order chi connectivity index (χ1) is 9.92. The van der Waals surface area contributed by atoms with Crippen LogP contribution in [0, 0.1) is 5.92 Å². The summed E-state index contributed by atoms with van der Waals surface area (Å²) in [5.41, 5.74) is 6.43. The molecule has 0 unspecified atom stereocenters. The lowest BCUT2D eigenvalue weighted by Crippen LogP contribution is -2.28. The Bertz CT molecular complexity index is 616. The van der Waals surface area contributed by atoms with Crippen LogP contribution in [-0.4, -0.2) is 27.4 Å². The monoisotopic (exact) mass is 311 g/mol. The zero-order chi connectivity index (χ0) is 15.5. The molecule has 0 saturated heterocycles. The van der Waals surface area contributed by atoms with E-state index in [1.165, 1.54) is 19.2 Å². The Morgan fingerprint density at radius 2 is 2.14 bits per heavy atom. The fourth-order valence-electron chi connectivity index (χ4n) is 2.63. The molecule has 116 valence electrons.